The molecule has 178 valence electrons. The Kier molecular flexibility index (Phi) is 7.84. The maximum atomic E-state index is 12.8. The summed E-state index contributed by atoms with van der Waals surface area (Å²) in [6.45, 7) is 7.03. The fourth-order valence-electron chi connectivity index (χ4n) is 4.52. The molecule has 0 unspecified atom stereocenters. The number of anilines is 1. The van der Waals surface area contributed by atoms with Gasteiger partial charge in [-0.1, -0.05) is 17.7 Å². The number of hydrogen-bond donors (Lipinski definition) is 1. The number of nitrogens with one attached hydrogen (secondary N) is 1. The number of carbonyl (C=O) groups is 2. The van der Waals surface area contributed by atoms with Crippen LogP contribution in [0.15, 0.2) is 36.4 Å². The molecule has 0 aromatic heterocycles. The molecule has 2 aromatic rings. The number of hydrogen-bond acceptors (Lipinski definition) is 5. The average molecular weight is 481 g/mol. The molecule has 0 aliphatic carbocycles. The summed E-state index contributed by atoms with van der Waals surface area (Å²) in [5.41, 5.74) is 3.51. The first kappa shape index (κ1) is 24.2. The third kappa shape index (κ3) is 5.76. The Morgan fingerprint density at radius 1 is 1.15 bits per heavy atom. The summed E-state index contributed by atoms with van der Waals surface area (Å²) < 4.78 is 5.38. The standard InChI is InChI=1S/C26H29ClN4O3/c1-18-22(17-30-7-9-31(10-8-30)26(33)20-5-11-34-12-6-20)14-23(27)15-24(18)29-25(32)21-4-2-3-19(13-21)16-28/h2-4,13-15,20H,5-12,17H2,1H3,(H,29,32). The second kappa shape index (κ2) is 11.0. The van der Waals surface area contributed by atoms with Crippen molar-refractivity contribution in [2.24, 2.45) is 5.92 Å². The zero-order valence-corrected chi connectivity index (χ0v) is 20.1. The predicted octanol–water partition coefficient (Wildman–Crippen LogP) is 3.84. The highest BCUT2D eigenvalue weighted by Gasteiger charge is 2.29. The predicted molar refractivity (Wildman–Crippen MR) is 131 cm³/mol. The van der Waals surface area contributed by atoms with Gasteiger partial charge >= 0.3 is 0 Å². The van der Waals surface area contributed by atoms with Crippen LogP contribution < -0.4 is 5.32 Å². The van der Waals surface area contributed by atoms with Gasteiger partial charge in [0, 0.05) is 68.1 Å². The van der Waals surface area contributed by atoms with Crippen molar-refractivity contribution in [1.82, 2.24) is 9.80 Å². The number of rotatable bonds is 5. The van der Waals surface area contributed by atoms with Crippen LogP contribution in [0.1, 0.15) is 39.9 Å². The second-order valence-corrected chi connectivity index (χ2v) is 9.31. The number of nitriles is 1. The van der Waals surface area contributed by atoms with Gasteiger partial charge in [-0.05, 0) is 61.2 Å². The van der Waals surface area contributed by atoms with Crippen molar-refractivity contribution >= 4 is 29.1 Å². The molecule has 2 aliphatic heterocycles. The van der Waals surface area contributed by atoms with Gasteiger partial charge in [0.25, 0.3) is 5.91 Å². The van der Waals surface area contributed by atoms with E-state index in [0.29, 0.717) is 54.7 Å². The van der Waals surface area contributed by atoms with E-state index in [0.717, 1.165) is 37.1 Å². The molecule has 2 heterocycles. The van der Waals surface area contributed by atoms with Crippen molar-refractivity contribution in [1.29, 1.82) is 5.26 Å². The van der Waals surface area contributed by atoms with E-state index in [-0.39, 0.29) is 17.7 Å². The van der Waals surface area contributed by atoms with Crippen LogP contribution in [0.25, 0.3) is 0 Å². The SMILES string of the molecule is Cc1c(CN2CCN(C(=O)C3CCOCC3)CC2)cc(Cl)cc1NC(=O)c1cccc(C#N)c1. The van der Waals surface area contributed by atoms with E-state index in [2.05, 4.69) is 16.3 Å². The lowest BCUT2D eigenvalue weighted by Gasteiger charge is -2.37. The Labute approximate surface area is 205 Å². The van der Waals surface area contributed by atoms with Crippen molar-refractivity contribution in [3.63, 3.8) is 0 Å². The van der Waals surface area contributed by atoms with Crippen LogP contribution in [0.2, 0.25) is 5.02 Å². The van der Waals surface area contributed by atoms with Crippen LogP contribution in [0.3, 0.4) is 0 Å². The molecule has 1 N–H and O–H groups in total. The van der Waals surface area contributed by atoms with Gasteiger partial charge < -0.3 is 15.0 Å². The number of amides is 2. The first-order valence-corrected chi connectivity index (χ1v) is 12.0. The van der Waals surface area contributed by atoms with E-state index in [4.69, 9.17) is 21.6 Å². The summed E-state index contributed by atoms with van der Waals surface area (Å²) in [4.78, 5) is 29.9. The third-order valence-electron chi connectivity index (χ3n) is 6.63. The Balaban J connectivity index is 1.39. The number of halogens is 1. The zero-order chi connectivity index (χ0) is 24.1. The lowest BCUT2D eigenvalue weighted by atomic mass is 9.98. The fourth-order valence-corrected chi connectivity index (χ4v) is 4.76. The number of ether oxygens (including phenoxy) is 1. The normalized spacial score (nSPS) is 17.3. The van der Waals surface area contributed by atoms with E-state index in [1.807, 2.05) is 17.9 Å². The van der Waals surface area contributed by atoms with Gasteiger partial charge in [-0.2, -0.15) is 5.26 Å². The Hall–Kier alpha value is -2.92. The molecule has 34 heavy (non-hydrogen) atoms. The highest BCUT2D eigenvalue weighted by atomic mass is 35.5. The molecule has 0 saturated carbocycles. The molecule has 4 rings (SSSR count). The molecule has 7 nitrogen and oxygen atoms in total. The van der Waals surface area contributed by atoms with Gasteiger partial charge in [0.1, 0.15) is 0 Å². The molecule has 0 bridgehead atoms. The Morgan fingerprint density at radius 2 is 1.88 bits per heavy atom. The van der Waals surface area contributed by atoms with Crippen molar-refractivity contribution < 1.29 is 14.3 Å². The van der Waals surface area contributed by atoms with Gasteiger partial charge in [0.15, 0.2) is 0 Å². The van der Waals surface area contributed by atoms with E-state index in [1.165, 1.54) is 0 Å². The van der Waals surface area contributed by atoms with Crippen molar-refractivity contribution in [3.8, 4) is 6.07 Å². The minimum atomic E-state index is -0.284. The van der Waals surface area contributed by atoms with Crippen LogP contribution in [-0.4, -0.2) is 61.0 Å². The summed E-state index contributed by atoms with van der Waals surface area (Å²) in [6, 6.07) is 12.3. The number of benzene rings is 2. The maximum absolute atomic E-state index is 12.8. The summed E-state index contributed by atoms with van der Waals surface area (Å²) in [7, 11) is 0. The van der Waals surface area contributed by atoms with Crippen molar-refractivity contribution in [3.05, 3.63) is 63.7 Å². The van der Waals surface area contributed by atoms with Crippen molar-refractivity contribution in [2.75, 3.05) is 44.7 Å². The number of piperazine rings is 1. The van der Waals surface area contributed by atoms with Crippen LogP contribution in [0.5, 0.6) is 0 Å². The third-order valence-corrected chi connectivity index (χ3v) is 6.85. The highest BCUT2D eigenvalue weighted by molar-refractivity contribution is 6.31. The minimum Gasteiger partial charge on any atom is -0.381 e. The van der Waals surface area contributed by atoms with Crippen LogP contribution in [0, 0.1) is 24.2 Å². The average Bonchev–Trinajstić information content (AvgIpc) is 2.87. The number of nitrogens with zero attached hydrogens (tertiary/aromatic N) is 3. The molecule has 2 aliphatic rings. The topological polar surface area (TPSA) is 85.7 Å². The number of carbonyl (C=O) groups excluding carboxylic acids is 2. The van der Waals surface area contributed by atoms with Gasteiger partial charge in [0.2, 0.25) is 5.91 Å². The Morgan fingerprint density at radius 3 is 2.59 bits per heavy atom. The van der Waals surface area contributed by atoms with E-state index < -0.39 is 0 Å². The molecule has 2 amide bonds. The molecule has 2 aromatic carbocycles. The molecule has 2 fully saturated rings. The molecule has 0 radical (unpaired) electrons. The highest BCUT2D eigenvalue weighted by Crippen LogP contribution is 2.27. The van der Waals surface area contributed by atoms with E-state index >= 15 is 0 Å². The second-order valence-electron chi connectivity index (χ2n) is 8.87. The van der Waals surface area contributed by atoms with Gasteiger partial charge in [-0.25, -0.2) is 0 Å². The first-order chi connectivity index (χ1) is 16.4. The first-order valence-electron chi connectivity index (χ1n) is 11.6. The molecular formula is C26H29ClN4O3. The minimum absolute atomic E-state index is 0.0931. The summed E-state index contributed by atoms with van der Waals surface area (Å²) in [5.74, 6) is 0.0662. The molecule has 0 spiro atoms. The van der Waals surface area contributed by atoms with Crippen LogP contribution in [0.4, 0.5) is 5.69 Å². The summed E-state index contributed by atoms with van der Waals surface area (Å²) in [5, 5.41) is 12.6. The van der Waals surface area contributed by atoms with Gasteiger partial charge in [-0.3, -0.25) is 14.5 Å². The van der Waals surface area contributed by atoms with Gasteiger partial charge in [0.05, 0.1) is 11.6 Å². The fraction of sp³-hybridized carbons (Fsp3) is 0.423. The van der Waals surface area contributed by atoms with Crippen LogP contribution in [-0.2, 0) is 16.1 Å². The smallest absolute Gasteiger partial charge is 0.255 e. The monoisotopic (exact) mass is 480 g/mol. The van der Waals surface area contributed by atoms with Crippen LogP contribution >= 0.6 is 11.6 Å². The summed E-state index contributed by atoms with van der Waals surface area (Å²) in [6.07, 6.45) is 1.63. The lowest BCUT2D eigenvalue weighted by molar-refractivity contribution is -0.140. The Bertz CT molecular complexity index is 1100. The maximum Gasteiger partial charge on any atom is 0.255 e. The lowest BCUT2D eigenvalue weighted by Crippen LogP contribution is -2.50. The molecule has 2 saturated heterocycles. The quantitative estimate of drug-likeness (QED) is 0.702. The van der Waals surface area contributed by atoms with E-state index in [9.17, 15) is 9.59 Å². The largest absolute Gasteiger partial charge is 0.381 e. The van der Waals surface area contributed by atoms with E-state index in [1.54, 1.807) is 30.3 Å². The van der Waals surface area contributed by atoms with Gasteiger partial charge in [-0.15, -0.1) is 0 Å². The molecular weight excluding hydrogens is 452 g/mol. The van der Waals surface area contributed by atoms with Crippen molar-refractivity contribution in [2.45, 2.75) is 26.3 Å². The molecule has 8 heteroatoms. The zero-order valence-electron chi connectivity index (χ0n) is 19.3. The summed E-state index contributed by atoms with van der Waals surface area (Å²) >= 11 is 6.39. The molecule has 0 atom stereocenters.